The zero-order valence-electron chi connectivity index (χ0n) is 4.97. The summed E-state index contributed by atoms with van der Waals surface area (Å²) in [5, 5.41) is 1.11. The first-order valence-electron chi connectivity index (χ1n) is 2.65. The predicted molar refractivity (Wildman–Crippen MR) is 39.1 cm³/mol. The third-order valence-electron chi connectivity index (χ3n) is 1.11. The summed E-state index contributed by atoms with van der Waals surface area (Å²) >= 11 is 4.43. The van der Waals surface area contributed by atoms with E-state index in [0.717, 1.165) is 11.4 Å². The van der Waals surface area contributed by atoms with Crippen LogP contribution in [0.5, 0.6) is 0 Å². The Balaban J connectivity index is 3.27. The third-order valence-corrected chi connectivity index (χ3v) is 1.36. The Morgan fingerprint density at radius 3 is 2.50 bits per heavy atom. The minimum atomic E-state index is -0.877. The molecule has 0 saturated heterocycles. The van der Waals surface area contributed by atoms with Crippen LogP contribution in [0.2, 0.25) is 0 Å². The fraction of sp³-hybridized carbons (Fsp3) is 0. The molecule has 52 valence electrons. The van der Waals surface area contributed by atoms with Crippen LogP contribution in [0.15, 0.2) is 18.2 Å². The Morgan fingerprint density at radius 1 is 1.30 bits per heavy atom. The van der Waals surface area contributed by atoms with Crippen molar-refractivity contribution in [1.29, 1.82) is 0 Å². The van der Waals surface area contributed by atoms with Crippen molar-refractivity contribution in [3.8, 4) is 0 Å². The Morgan fingerprint density at radius 2 is 2.00 bits per heavy atom. The van der Waals surface area contributed by atoms with E-state index in [0.29, 0.717) is 0 Å². The molecule has 0 radical (unpaired) electrons. The zero-order chi connectivity index (χ0) is 7.56. The van der Waals surface area contributed by atoms with Crippen molar-refractivity contribution < 1.29 is 8.78 Å². The minimum Gasteiger partial charge on any atom is -0.204 e. The van der Waals surface area contributed by atoms with Crippen LogP contribution >= 0.6 is 12.2 Å². The molecule has 0 aliphatic carbocycles. The van der Waals surface area contributed by atoms with Gasteiger partial charge in [-0.2, -0.15) is 0 Å². The van der Waals surface area contributed by atoms with E-state index in [4.69, 9.17) is 0 Å². The minimum absolute atomic E-state index is 0.120. The molecular weight excluding hydrogens is 154 g/mol. The van der Waals surface area contributed by atoms with E-state index in [1.807, 2.05) is 0 Å². The first-order chi connectivity index (χ1) is 4.75. The molecule has 0 bridgehead atoms. The SMILES string of the molecule is Fc1cccc(C=S)c1F. The van der Waals surface area contributed by atoms with Gasteiger partial charge in [0.05, 0.1) is 0 Å². The summed E-state index contributed by atoms with van der Waals surface area (Å²) in [5.41, 5.74) is 0.120. The molecular formula is C7H4F2S. The molecule has 0 aliphatic rings. The van der Waals surface area contributed by atoms with Gasteiger partial charge in [-0.15, -0.1) is 0 Å². The fourth-order valence-electron chi connectivity index (χ4n) is 0.611. The van der Waals surface area contributed by atoms with Gasteiger partial charge in [-0.05, 0) is 6.07 Å². The molecule has 1 rings (SSSR count). The Hall–Kier alpha value is -0.830. The highest BCUT2D eigenvalue weighted by Crippen LogP contribution is 2.08. The van der Waals surface area contributed by atoms with Crippen LogP contribution in [0.25, 0.3) is 0 Å². The molecule has 0 spiro atoms. The monoisotopic (exact) mass is 158 g/mol. The number of hydrogen-bond donors (Lipinski definition) is 0. The molecule has 0 fully saturated rings. The second-order valence-corrected chi connectivity index (χ2v) is 2.00. The van der Waals surface area contributed by atoms with Gasteiger partial charge in [0.1, 0.15) is 0 Å². The average molecular weight is 158 g/mol. The summed E-state index contributed by atoms with van der Waals surface area (Å²) in [7, 11) is 0. The van der Waals surface area contributed by atoms with E-state index in [-0.39, 0.29) is 5.56 Å². The largest absolute Gasteiger partial charge is 0.204 e. The smallest absolute Gasteiger partial charge is 0.166 e. The summed E-state index contributed by atoms with van der Waals surface area (Å²) in [4.78, 5) is 0. The highest BCUT2D eigenvalue weighted by atomic mass is 32.1. The molecule has 1 aromatic carbocycles. The molecule has 0 unspecified atom stereocenters. The molecule has 0 aromatic heterocycles. The van der Waals surface area contributed by atoms with E-state index >= 15 is 0 Å². The lowest BCUT2D eigenvalue weighted by atomic mass is 10.2. The highest BCUT2D eigenvalue weighted by Gasteiger charge is 2.02. The summed E-state index contributed by atoms with van der Waals surface area (Å²) in [6.45, 7) is 0. The van der Waals surface area contributed by atoms with Crippen LogP contribution in [-0.2, 0) is 0 Å². The van der Waals surface area contributed by atoms with Crippen molar-refractivity contribution in [2.45, 2.75) is 0 Å². The van der Waals surface area contributed by atoms with E-state index in [2.05, 4.69) is 12.2 Å². The molecule has 1 aromatic rings. The number of halogens is 2. The van der Waals surface area contributed by atoms with Gasteiger partial charge in [-0.25, -0.2) is 8.78 Å². The lowest BCUT2D eigenvalue weighted by molar-refractivity contribution is 0.508. The maximum Gasteiger partial charge on any atom is 0.166 e. The maximum absolute atomic E-state index is 12.5. The average Bonchev–Trinajstić information content (AvgIpc) is 1.95. The lowest BCUT2D eigenvalue weighted by Crippen LogP contribution is -1.89. The Kier molecular flexibility index (Phi) is 2.06. The van der Waals surface area contributed by atoms with Crippen LogP contribution in [0.4, 0.5) is 8.78 Å². The van der Waals surface area contributed by atoms with Crippen LogP contribution in [0.3, 0.4) is 0 Å². The number of benzene rings is 1. The fourth-order valence-corrected chi connectivity index (χ4v) is 0.794. The van der Waals surface area contributed by atoms with Crippen molar-refractivity contribution in [2.24, 2.45) is 0 Å². The Bertz CT molecular complexity index is 258. The maximum atomic E-state index is 12.5. The molecule has 0 saturated carbocycles. The van der Waals surface area contributed by atoms with Crippen molar-refractivity contribution in [1.82, 2.24) is 0 Å². The zero-order valence-corrected chi connectivity index (χ0v) is 5.79. The van der Waals surface area contributed by atoms with Crippen molar-refractivity contribution >= 4 is 17.6 Å². The first kappa shape index (κ1) is 7.28. The molecule has 0 atom stereocenters. The van der Waals surface area contributed by atoms with E-state index in [1.54, 1.807) is 0 Å². The van der Waals surface area contributed by atoms with Gasteiger partial charge in [0, 0.05) is 10.9 Å². The van der Waals surface area contributed by atoms with Crippen molar-refractivity contribution in [3.05, 3.63) is 35.4 Å². The first-order valence-corrected chi connectivity index (χ1v) is 3.12. The summed E-state index contributed by atoms with van der Waals surface area (Å²) in [5.74, 6) is -1.74. The number of hydrogen-bond acceptors (Lipinski definition) is 1. The van der Waals surface area contributed by atoms with Gasteiger partial charge in [-0.3, -0.25) is 0 Å². The third kappa shape index (κ3) is 1.19. The van der Waals surface area contributed by atoms with Crippen molar-refractivity contribution in [2.75, 3.05) is 0 Å². The Labute approximate surface area is 62.5 Å². The predicted octanol–water partition coefficient (Wildman–Crippen LogP) is 2.31. The topological polar surface area (TPSA) is 0 Å². The standard InChI is InChI=1S/C7H4F2S/c8-6-3-1-2-5(4-10)7(6)9/h1-4H. The van der Waals surface area contributed by atoms with Crippen molar-refractivity contribution in [3.63, 3.8) is 0 Å². The van der Waals surface area contributed by atoms with Crippen LogP contribution in [0.1, 0.15) is 5.56 Å². The van der Waals surface area contributed by atoms with E-state index < -0.39 is 11.6 Å². The molecule has 0 heterocycles. The molecule has 0 nitrogen and oxygen atoms in total. The van der Waals surface area contributed by atoms with Gasteiger partial charge in [0.15, 0.2) is 11.6 Å². The van der Waals surface area contributed by atoms with E-state index in [1.165, 1.54) is 12.1 Å². The van der Waals surface area contributed by atoms with Crippen LogP contribution in [0, 0.1) is 11.6 Å². The molecule has 0 amide bonds. The normalized spacial score (nSPS) is 9.40. The van der Waals surface area contributed by atoms with Crippen LogP contribution in [-0.4, -0.2) is 5.37 Å². The quantitative estimate of drug-likeness (QED) is 0.565. The second kappa shape index (κ2) is 2.84. The summed E-state index contributed by atoms with van der Waals surface area (Å²) in [6, 6.07) is 3.89. The van der Waals surface area contributed by atoms with Crippen LogP contribution < -0.4 is 0 Å². The molecule has 0 aliphatic heterocycles. The van der Waals surface area contributed by atoms with E-state index in [9.17, 15) is 8.78 Å². The van der Waals surface area contributed by atoms with Gasteiger partial charge in [0.25, 0.3) is 0 Å². The molecule has 0 N–H and O–H groups in total. The molecule has 3 heteroatoms. The summed E-state index contributed by atoms with van der Waals surface area (Å²) in [6.07, 6.45) is 0. The summed E-state index contributed by atoms with van der Waals surface area (Å²) < 4.78 is 24.9. The van der Waals surface area contributed by atoms with Gasteiger partial charge >= 0.3 is 0 Å². The lowest BCUT2D eigenvalue weighted by Gasteiger charge is -1.93. The number of rotatable bonds is 1. The van der Waals surface area contributed by atoms with Gasteiger partial charge in [0.2, 0.25) is 0 Å². The highest BCUT2D eigenvalue weighted by molar-refractivity contribution is 7.79. The molecule has 10 heavy (non-hydrogen) atoms. The van der Waals surface area contributed by atoms with Gasteiger partial charge in [-0.1, -0.05) is 24.4 Å². The van der Waals surface area contributed by atoms with Gasteiger partial charge < -0.3 is 0 Å². The second-order valence-electron chi connectivity index (χ2n) is 1.76. The number of thiocarbonyl (C=S) groups is 1.